The lowest BCUT2D eigenvalue weighted by Gasteiger charge is -2.26. The third kappa shape index (κ3) is 8.19. The first-order valence-electron chi connectivity index (χ1n) is 6.59. The Hall–Kier alpha value is -0.106. The van der Waals surface area contributed by atoms with E-state index in [1.807, 2.05) is 0 Å². The maximum absolute atomic E-state index is 5.35. The molecule has 0 bridgehead atoms. The molecule has 0 spiro atoms. The van der Waals surface area contributed by atoms with E-state index in [1.54, 1.807) is 42.7 Å². The predicted octanol–water partition coefficient (Wildman–Crippen LogP) is 1.06. The fraction of sp³-hybridized carbons (Fsp3) is 0.833. The van der Waals surface area contributed by atoms with Crippen molar-refractivity contribution >= 4 is 17.6 Å². The van der Waals surface area contributed by atoms with Gasteiger partial charge in [0.25, 0.3) is 0 Å². The van der Waals surface area contributed by atoms with Crippen molar-refractivity contribution < 1.29 is 26.6 Å². The van der Waals surface area contributed by atoms with Crippen LogP contribution in [0.4, 0.5) is 0 Å². The average Bonchev–Trinajstić information content (AvgIpc) is 2.57. The Morgan fingerprint density at radius 2 is 1.10 bits per heavy atom. The number of nitrogens with one attached hydrogen (secondary N) is 1. The van der Waals surface area contributed by atoms with Crippen molar-refractivity contribution in [2.24, 2.45) is 0 Å². The molecule has 0 heterocycles. The summed E-state index contributed by atoms with van der Waals surface area (Å²) in [4.78, 5) is 0. The van der Waals surface area contributed by atoms with Gasteiger partial charge in [-0.1, -0.05) is 0 Å². The van der Waals surface area contributed by atoms with Gasteiger partial charge < -0.3 is 31.9 Å². The maximum Gasteiger partial charge on any atom is 0.514 e. The van der Waals surface area contributed by atoms with E-state index in [1.165, 1.54) is 0 Å². The van der Waals surface area contributed by atoms with Crippen molar-refractivity contribution in [3.63, 3.8) is 0 Å². The molecule has 0 saturated carbocycles. The minimum atomic E-state index is -2.53. The summed E-state index contributed by atoms with van der Waals surface area (Å²) in [6.07, 6.45) is 1.45. The molecule has 0 aliphatic carbocycles. The van der Waals surface area contributed by atoms with Crippen LogP contribution in [0, 0.1) is 0 Å². The molecule has 0 fully saturated rings. The summed E-state index contributed by atoms with van der Waals surface area (Å²) < 4.78 is 32.0. The fourth-order valence-corrected chi connectivity index (χ4v) is 4.83. The number of hydrogen-bond acceptors (Lipinski definition) is 7. The first-order chi connectivity index (χ1) is 10.1. The summed E-state index contributed by atoms with van der Waals surface area (Å²) in [5, 5.41) is 3.27. The Morgan fingerprint density at radius 1 is 0.714 bits per heavy atom. The zero-order valence-electron chi connectivity index (χ0n) is 14.2. The lowest BCUT2D eigenvalue weighted by Crippen LogP contribution is -2.52. The van der Waals surface area contributed by atoms with Crippen LogP contribution >= 0.6 is 0 Å². The summed E-state index contributed by atoms with van der Waals surface area (Å²) >= 11 is 0. The Balaban J connectivity index is 0. The highest BCUT2D eigenvalue weighted by molar-refractivity contribution is 6.61. The van der Waals surface area contributed by atoms with E-state index < -0.39 is 17.6 Å². The molecule has 7 nitrogen and oxygen atoms in total. The first-order valence-corrected chi connectivity index (χ1v) is 10.5. The van der Waals surface area contributed by atoms with Gasteiger partial charge in [-0.05, 0) is 13.0 Å². The molecule has 0 radical (unpaired) electrons. The van der Waals surface area contributed by atoms with E-state index >= 15 is 0 Å². The molecular weight excluding hydrogens is 310 g/mol. The van der Waals surface area contributed by atoms with E-state index in [0.29, 0.717) is 6.17 Å². The summed E-state index contributed by atoms with van der Waals surface area (Å²) in [6, 6.07) is 0.755. The summed E-state index contributed by atoms with van der Waals surface area (Å²) in [6.45, 7) is 6.79. The zero-order valence-corrected chi connectivity index (χ0v) is 16.2. The van der Waals surface area contributed by atoms with E-state index in [9.17, 15) is 0 Å². The lowest BCUT2D eigenvalue weighted by atomic mass is 10.5. The van der Waals surface area contributed by atoms with Gasteiger partial charge in [0, 0.05) is 48.7 Å². The third-order valence-corrected chi connectivity index (χ3v) is 8.43. The summed E-state index contributed by atoms with van der Waals surface area (Å²) in [7, 11) is 4.65. The van der Waals surface area contributed by atoms with Crippen LogP contribution in [-0.4, -0.2) is 73.0 Å². The normalized spacial score (nSPS) is 11.9. The van der Waals surface area contributed by atoms with Crippen molar-refractivity contribution in [1.82, 2.24) is 5.32 Å². The van der Waals surface area contributed by atoms with E-state index in [4.69, 9.17) is 26.6 Å². The molecule has 9 heteroatoms. The fourth-order valence-electron chi connectivity index (χ4n) is 1.69. The molecule has 0 aromatic carbocycles. The van der Waals surface area contributed by atoms with Gasteiger partial charge in [-0.15, -0.1) is 13.2 Å². The van der Waals surface area contributed by atoms with Crippen LogP contribution in [0.5, 0.6) is 0 Å². The molecule has 0 aliphatic heterocycles. The van der Waals surface area contributed by atoms with E-state index in [0.717, 1.165) is 19.0 Å². The molecule has 21 heavy (non-hydrogen) atoms. The highest BCUT2D eigenvalue weighted by Gasteiger charge is 2.38. The Labute approximate surface area is 131 Å². The van der Waals surface area contributed by atoms with Gasteiger partial charge >= 0.3 is 17.6 Å². The average molecular weight is 342 g/mol. The maximum atomic E-state index is 5.35. The van der Waals surface area contributed by atoms with Gasteiger partial charge in [0.2, 0.25) is 0 Å². The zero-order chi connectivity index (χ0) is 16.8. The quantitative estimate of drug-likeness (QED) is 0.323. The van der Waals surface area contributed by atoms with Crippen LogP contribution in [-0.2, 0) is 26.6 Å². The molecule has 0 amide bonds. The highest BCUT2D eigenvalue weighted by Crippen LogP contribution is 2.14. The van der Waals surface area contributed by atoms with Crippen molar-refractivity contribution in [2.45, 2.75) is 12.5 Å². The highest BCUT2D eigenvalue weighted by atomic mass is 28.4. The van der Waals surface area contributed by atoms with Gasteiger partial charge in [-0.3, -0.25) is 0 Å². The third-order valence-electron chi connectivity index (χ3n) is 3.04. The number of hydrogen-bond donors (Lipinski definition) is 1. The van der Waals surface area contributed by atoms with Crippen LogP contribution in [0.25, 0.3) is 0 Å². The molecule has 0 atom stereocenters. The van der Waals surface area contributed by atoms with Gasteiger partial charge in [0.05, 0.1) is 6.17 Å². The molecule has 0 unspecified atom stereocenters. The Morgan fingerprint density at radius 3 is 1.43 bits per heavy atom. The van der Waals surface area contributed by atoms with Crippen molar-refractivity contribution in [3.8, 4) is 0 Å². The van der Waals surface area contributed by atoms with Gasteiger partial charge in [-0.25, -0.2) is 0 Å². The lowest BCUT2D eigenvalue weighted by molar-refractivity contribution is 0.120. The second-order valence-corrected chi connectivity index (χ2v) is 9.91. The molecule has 128 valence electrons. The first kappa shape index (κ1) is 23.2. The van der Waals surface area contributed by atoms with Crippen molar-refractivity contribution in [2.75, 3.05) is 55.4 Å². The van der Waals surface area contributed by atoms with Crippen LogP contribution in [0.2, 0.25) is 6.04 Å². The second-order valence-electron chi connectivity index (χ2n) is 3.87. The predicted molar refractivity (Wildman–Crippen MR) is 87.1 cm³/mol. The molecule has 0 aliphatic rings. The van der Waals surface area contributed by atoms with E-state index in [2.05, 4.69) is 18.5 Å². The van der Waals surface area contributed by atoms with Gasteiger partial charge in [-0.2, -0.15) is 0 Å². The Kier molecular flexibility index (Phi) is 14.9. The molecule has 1 N–H and O–H groups in total. The van der Waals surface area contributed by atoms with Gasteiger partial charge in [0.15, 0.2) is 0 Å². The van der Waals surface area contributed by atoms with Crippen molar-refractivity contribution in [3.05, 3.63) is 13.2 Å². The van der Waals surface area contributed by atoms with Crippen LogP contribution in [0.3, 0.4) is 0 Å². The monoisotopic (exact) mass is 341 g/mol. The molecular formula is C12H31NO6Si2. The largest absolute Gasteiger partial charge is 0.514 e. The SMILES string of the molecule is C=C.CO[Si](CCCNC[Si](OC)(OC)OC)(OC)OC. The summed E-state index contributed by atoms with van der Waals surface area (Å²) in [5.41, 5.74) is 0. The molecule has 0 aromatic heterocycles. The smallest absolute Gasteiger partial charge is 0.377 e. The Bertz CT molecular complexity index is 201. The van der Waals surface area contributed by atoms with Crippen LogP contribution < -0.4 is 5.32 Å². The second kappa shape index (κ2) is 13.5. The molecule has 0 saturated heterocycles. The standard InChI is InChI=1S/C10H27NO6Si2.C2H4/c1-12-18(13-2,14-3)9-7-8-11-10-19(15-4,16-5)17-6;1-2/h11H,7-10H2,1-6H3;1-2H2. The molecule has 0 aromatic rings. The molecule has 0 rings (SSSR count). The van der Waals surface area contributed by atoms with Crippen LogP contribution in [0.1, 0.15) is 6.42 Å². The number of rotatable bonds is 12. The minimum absolute atomic E-state index is 0.567. The van der Waals surface area contributed by atoms with Crippen molar-refractivity contribution in [1.29, 1.82) is 0 Å². The van der Waals surface area contributed by atoms with Gasteiger partial charge in [0.1, 0.15) is 0 Å². The minimum Gasteiger partial charge on any atom is -0.377 e. The topological polar surface area (TPSA) is 67.4 Å². The van der Waals surface area contributed by atoms with E-state index in [-0.39, 0.29) is 0 Å². The summed E-state index contributed by atoms with van der Waals surface area (Å²) in [5.74, 6) is 0. The van der Waals surface area contributed by atoms with Crippen LogP contribution in [0.15, 0.2) is 13.2 Å².